The van der Waals surface area contributed by atoms with Crippen LogP contribution >= 0.6 is 23.2 Å². The summed E-state index contributed by atoms with van der Waals surface area (Å²) in [6.07, 6.45) is 3.74. The molecule has 1 atom stereocenters. The monoisotopic (exact) mass is 540 g/mol. The van der Waals surface area contributed by atoms with Crippen molar-refractivity contribution in [1.29, 1.82) is 0 Å². The zero-order chi connectivity index (χ0) is 26.7. The summed E-state index contributed by atoms with van der Waals surface area (Å²) in [6, 6.07) is 11.2. The van der Waals surface area contributed by atoms with Crippen LogP contribution in [0.1, 0.15) is 40.9 Å². The van der Waals surface area contributed by atoms with Crippen molar-refractivity contribution < 1.29 is 29.0 Å². The normalized spacial score (nSPS) is 16.6. The number of pyridine rings is 1. The number of aromatic nitrogens is 1. The van der Waals surface area contributed by atoms with Crippen LogP contribution in [0.2, 0.25) is 10.0 Å². The standard InChI is InChI=1S/C27H22Cl2N2O6/c1-3-11-37-27(35)15-6-8-18(9-7-15)31-22(16-5-4-10-30-14-16)21(24(33)26(31)34)23(32)17-12-19(28)25(36-2)20(29)13-17/h4-10,12-14,22,32H,3,11H2,1-2H3/b23-21+. The lowest BCUT2D eigenvalue weighted by Crippen LogP contribution is -2.29. The predicted molar refractivity (Wildman–Crippen MR) is 139 cm³/mol. The Labute approximate surface area is 223 Å². The number of esters is 1. The summed E-state index contributed by atoms with van der Waals surface area (Å²) >= 11 is 12.5. The Balaban J connectivity index is 1.84. The van der Waals surface area contributed by atoms with Gasteiger partial charge in [0.05, 0.1) is 40.9 Å². The van der Waals surface area contributed by atoms with Gasteiger partial charge in [-0.3, -0.25) is 19.5 Å². The highest BCUT2D eigenvalue weighted by Gasteiger charge is 2.47. The molecule has 1 fully saturated rings. The van der Waals surface area contributed by atoms with Crippen LogP contribution < -0.4 is 9.64 Å². The summed E-state index contributed by atoms with van der Waals surface area (Å²) in [6.45, 7) is 2.18. The molecule has 2 heterocycles. The molecule has 1 aliphatic rings. The third kappa shape index (κ3) is 5.03. The number of ketones is 1. The van der Waals surface area contributed by atoms with Crippen LogP contribution in [0, 0.1) is 0 Å². The molecule has 0 bridgehead atoms. The van der Waals surface area contributed by atoms with Crippen LogP contribution in [0.5, 0.6) is 5.75 Å². The van der Waals surface area contributed by atoms with E-state index < -0.39 is 29.5 Å². The SMILES string of the molecule is CCCOC(=O)c1ccc(N2C(=O)C(=O)/C(=C(/O)c3cc(Cl)c(OC)c(Cl)c3)C2c2cccnc2)cc1. The number of aliphatic hydroxyl groups excluding tert-OH is 1. The number of anilines is 1. The summed E-state index contributed by atoms with van der Waals surface area (Å²) in [5.74, 6) is -2.50. The van der Waals surface area contributed by atoms with Crippen LogP contribution in [0.25, 0.3) is 5.76 Å². The third-order valence-corrected chi connectivity index (χ3v) is 6.30. The fourth-order valence-corrected chi connectivity index (χ4v) is 4.68. The summed E-state index contributed by atoms with van der Waals surface area (Å²) in [5.41, 5.74) is 1.10. The maximum Gasteiger partial charge on any atom is 0.338 e. The molecule has 8 nitrogen and oxygen atoms in total. The van der Waals surface area contributed by atoms with Crippen molar-refractivity contribution >= 4 is 52.3 Å². The van der Waals surface area contributed by atoms with Crippen molar-refractivity contribution in [3.8, 4) is 5.75 Å². The molecule has 37 heavy (non-hydrogen) atoms. The lowest BCUT2D eigenvalue weighted by molar-refractivity contribution is -0.132. The number of carbonyl (C=O) groups is 3. The van der Waals surface area contributed by atoms with Crippen molar-refractivity contribution in [2.75, 3.05) is 18.6 Å². The van der Waals surface area contributed by atoms with Gasteiger partial charge in [0.1, 0.15) is 5.76 Å². The van der Waals surface area contributed by atoms with Gasteiger partial charge in [-0.05, 0) is 54.4 Å². The van der Waals surface area contributed by atoms with E-state index in [4.69, 9.17) is 32.7 Å². The first-order valence-corrected chi connectivity index (χ1v) is 12.1. The number of Topliss-reactive ketones (excluding diaryl/α,β-unsaturated/α-hetero) is 1. The number of halogens is 2. The van der Waals surface area contributed by atoms with Gasteiger partial charge in [-0.1, -0.05) is 36.2 Å². The molecule has 190 valence electrons. The Hall–Kier alpha value is -3.88. The van der Waals surface area contributed by atoms with E-state index in [0.29, 0.717) is 23.2 Å². The molecule has 0 aliphatic carbocycles. The topological polar surface area (TPSA) is 106 Å². The van der Waals surface area contributed by atoms with E-state index in [1.54, 1.807) is 18.3 Å². The molecule has 10 heteroatoms. The number of nitrogens with zero attached hydrogens (tertiary/aromatic N) is 2. The van der Waals surface area contributed by atoms with Crippen LogP contribution in [-0.2, 0) is 14.3 Å². The zero-order valence-corrected chi connectivity index (χ0v) is 21.4. The highest BCUT2D eigenvalue weighted by Crippen LogP contribution is 2.43. The number of carbonyl (C=O) groups excluding carboxylic acids is 3. The number of rotatable bonds is 7. The lowest BCUT2D eigenvalue weighted by Gasteiger charge is -2.25. The highest BCUT2D eigenvalue weighted by atomic mass is 35.5. The van der Waals surface area contributed by atoms with Gasteiger partial charge >= 0.3 is 5.97 Å². The fourth-order valence-electron chi connectivity index (χ4n) is 4.04. The number of amides is 1. The minimum absolute atomic E-state index is 0.120. The van der Waals surface area contributed by atoms with Gasteiger partial charge in [-0.25, -0.2) is 4.79 Å². The minimum Gasteiger partial charge on any atom is -0.507 e. The Kier molecular flexibility index (Phi) is 7.80. The molecule has 4 rings (SSSR count). The largest absolute Gasteiger partial charge is 0.507 e. The van der Waals surface area contributed by atoms with Gasteiger partial charge in [0, 0.05) is 23.6 Å². The van der Waals surface area contributed by atoms with E-state index in [1.807, 2.05) is 6.92 Å². The lowest BCUT2D eigenvalue weighted by atomic mass is 9.96. The average Bonchev–Trinajstić information content (AvgIpc) is 3.17. The second-order valence-corrected chi connectivity index (χ2v) is 8.93. The molecule has 1 unspecified atom stereocenters. The van der Waals surface area contributed by atoms with Crippen molar-refractivity contribution in [1.82, 2.24) is 4.98 Å². The molecular weight excluding hydrogens is 519 g/mol. The molecule has 3 aromatic rings. The summed E-state index contributed by atoms with van der Waals surface area (Å²) in [7, 11) is 1.40. The molecule has 1 saturated heterocycles. The number of hydrogen-bond acceptors (Lipinski definition) is 7. The van der Waals surface area contributed by atoms with Crippen molar-refractivity contribution in [3.63, 3.8) is 0 Å². The molecule has 0 saturated carbocycles. The molecule has 0 spiro atoms. The Morgan fingerprint density at radius 1 is 1.08 bits per heavy atom. The first-order chi connectivity index (χ1) is 17.8. The number of hydrogen-bond donors (Lipinski definition) is 1. The van der Waals surface area contributed by atoms with E-state index in [2.05, 4.69) is 4.98 Å². The summed E-state index contributed by atoms with van der Waals surface area (Å²) in [4.78, 5) is 44.1. The molecule has 1 N–H and O–H groups in total. The molecule has 1 aromatic heterocycles. The van der Waals surface area contributed by atoms with Crippen LogP contribution in [0.4, 0.5) is 5.69 Å². The van der Waals surface area contributed by atoms with Gasteiger partial charge in [-0.2, -0.15) is 0 Å². The minimum atomic E-state index is -1.01. The number of methoxy groups -OCH3 is 1. The zero-order valence-electron chi connectivity index (χ0n) is 19.9. The highest BCUT2D eigenvalue weighted by molar-refractivity contribution is 6.51. The average molecular weight is 541 g/mol. The second kappa shape index (κ2) is 11.0. The van der Waals surface area contributed by atoms with Crippen LogP contribution in [-0.4, -0.2) is 41.5 Å². The van der Waals surface area contributed by atoms with Crippen molar-refractivity contribution in [2.45, 2.75) is 19.4 Å². The molecule has 1 amide bonds. The second-order valence-electron chi connectivity index (χ2n) is 8.11. The van der Waals surface area contributed by atoms with Crippen molar-refractivity contribution in [3.05, 3.63) is 93.2 Å². The quantitative estimate of drug-likeness (QED) is 0.180. The Morgan fingerprint density at radius 2 is 1.76 bits per heavy atom. The van der Waals surface area contributed by atoms with Gasteiger partial charge in [0.15, 0.2) is 5.75 Å². The number of benzene rings is 2. The van der Waals surface area contributed by atoms with Crippen LogP contribution in [0.15, 0.2) is 66.5 Å². The fraction of sp³-hybridized carbons (Fsp3) is 0.185. The first-order valence-electron chi connectivity index (χ1n) is 11.3. The maximum absolute atomic E-state index is 13.3. The van der Waals surface area contributed by atoms with Gasteiger partial charge in [-0.15, -0.1) is 0 Å². The summed E-state index contributed by atoms with van der Waals surface area (Å²) in [5, 5.41) is 11.5. The van der Waals surface area contributed by atoms with Gasteiger partial charge in [0.2, 0.25) is 0 Å². The van der Waals surface area contributed by atoms with Crippen molar-refractivity contribution in [2.24, 2.45) is 0 Å². The Morgan fingerprint density at radius 3 is 2.32 bits per heavy atom. The van der Waals surface area contributed by atoms with E-state index in [0.717, 1.165) is 0 Å². The third-order valence-electron chi connectivity index (χ3n) is 5.74. The molecule has 2 aromatic carbocycles. The molecule has 1 aliphatic heterocycles. The number of aliphatic hydroxyl groups is 1. The molecule has 0 radical (unpaired) electrons. The van der Waals surface area contributed by atoms with E-state index in [9.17, 15) is 19.5 Å². The van der Waals surface area contributed by atoms with E-state index >= 15 is 0 Å². The number of ether oxygens (including phenoxy) is 2. The van der Waals surface area contributed by atoms with Crippen LogP contribution in [0.3, 0.4) is 0 Å². The maximum atomic E-state index is 13.3. The predicted octanol–water partition coefficient (Wildman–Crippen LogP) is 5.59. The van der Waals surface area contributed by atoms with E-state index in [1.165, 1.54) is 54.6 Å². The summed E-state index contributed by atoms with van der Waals surface area (Å²) < 4.78 is 10.3. The first kappa shape index (κ1) is 26.2. The van der Waals surface area contributed by atoms with Gasteiger partial charge < -0.3 is 14.6 Å². The smallest absolute Gasteiger partial charge is 0.338 e. The van der Waals surface area contributed by atoms with Gasteiger partial charge in [0.25, 0.3) is 11.7 Å². The Bertz CT molecular complexity index is 1370. The molecular formula is C27H22Cl2N2O6. The van der Waals surface area contributed by atoms with E-state index in [-0.39, 0.29) is 33.5 Å².